The zero-order valence-electron chi connectivity index (χ0n) is 22.6. The first-order chi connectivity index (χ1) is 18.6. The van der Waals surface area contributed by atoms with Crippen LogP contribution in [0.3, 0.4) is 0 Å². The average Bonchev–Trinajstić information content (AvgIpc) is 3.62. The standard InChI is InChI=1S/C26H34N4O8S.Na/c1-38-21-9-3-8-18-17(21)12-19(28-18)25(33)30-13-15-5-2-7-16(15)22(30)24(32)29-20(26(34)39(35,36)37)11-14-6-4-10-27-23(14)31;/h3,8-9,12,14-16,20,22,26,28,34H,2,4-7,10-11,13H2,1H3,(H,27,31)(H,29,32)(H,35,36,37);/q;+1/p-1/t14-,15-,16-,20-,22-,26?;/m0./s1. The number of carbonyl (C=O) groups is 3. The van der Waals surface area contributed by atoms with Crippen LogP contribution >= 0.6 is 0 Å². The summed E-state index contributed by atoms with van der Waals surface area (Å²) in [5.41, 5.74) is -1.44. The first kappa shape index (κ1) is 30.8. The van der Waals surface area contributed by atoms with Crippen molar-refractivity contribution in [2.75, 3.05) is 20.2 Å². The van der Waals surface area contributed by atoms with Gasteiger partial charge in [0.1, 0.15) is 27.6 Å². The van der Waals surface area contributed by atoms with E-state index in [-0.39, 0.29) is 65.3 Å². The van der Waals surface area contributed by atoms with E-state index in [0.717, 1.165) is 18.2 Å². The van der Waals surface area contributed by atoms with Crippen LogP contribution in [0, 0.1) is 17.8 Å². The number of piperidine rings is 1. The largest absolute Gasteiger partial charge is 1.00 e. The molecule has 14 heteroatoms. The van der Waals surface area contributed by atoms with E-state index >= 15 is 0 Å². The minimum absolute atomic E-state index is 0. The van der Waals surface area contributed by atoms with Gasteiger partial charge in [-0.3, -0.25) is 14.4 Å². The fourth-order valence-electron chi connectivity index (χ4n) is 6.51. The van der Waals surface area contributed by atoms with Gasteiger partial charge < -0.3 is 34.9 Å². The van der Waals surface area contributed by atoms with Crippen molar-refractivity contribution in [2.45, 2.75) is 56.0 Å². The van der Waals surface area contributed by atoms with Crippen LogP contribution in [0.2, 0.25) is 0 Å². The van der Waals surface area contributed by atoms with Gasteiger partial charge in [-0.15, -0.1) is 0 Å². The molecule has 1 aromatic carbocycles. The summed E-state index contributed by atoms with van der Waals surface area (Å²) in [7, 11) is -3.65. The van der Waals surface area contributed by atoms with E-state index in [2.05, 4.69) is 15.6 Å². The van der Waals surface area contributed by atoms with Gasteiger partial charge in [0, 0.05) is 29.9 Å². The smallest absolute Gasteiger partial charge is 0.746 e. The van der Waals surface area contributed by atoms with Crippen molar-refractivity contribution in [3.8, 4) is 5.75 Å². The zero-order chi connectivity index (χ0) is 27.9. The number of nitrogens with zero attached hydrogens (tertiary/aromatic N) is 1. The summed E-state index contributed by atoms with van der Waals surface area (Å²) in [6.45, 7) is 0.836. The van der Waals surface area contributed by atoms with Gasteiger partial charge in [-0.25, -0.2) is 8.42 Å². The number of ether oxygens (including phenoxy) is 1. The third-order valence-corrected chi connectivity index (χ3v) is 9.32. The number of H-pyrrole nitrogens is 1. The fourth-order valence-corrected chi connectivity index (χ4v) is 7.09. The molecule has 5 rings (SSSR count). The van der Waals surface area contributed by atoms with Crippen molar-refractivity contribution in [3.63, 3.8) is 0 Å². The summed E-state index contributed by atoms with van der Waals surface area (Å²) >= 11 is 0. The van der Waals surface area contributed by atoms with Crippen LogP contribution in [0.15, 0.2) is 24.3 Å². The number of aliphatic hydroxyl groups excluding tert-OH is 1. The molecule has 1 aliphatic carbocycles. The molecule has 2 aromatic rings. The molecule has 4 N–H and O–H groups in total. The maximum absolute atomic E-state index is 13.7. The number of nitrogens with one attached hydrogen (secondary N) is 3. The molecule has 1 saturated carbocycles. The summed E-state index contributed by atoms with van der Waals surface area (Å²) in [5, 5.41) is 16.3. The summed E-state index contributed by atoms with van der Waals surface area (Å²) in [6, 6.07) is 4.66. The van der Waals surface area contributed by atoms with Crippen LogP contribution in [0.5, 0.6) is 5.75 Å². The van der Waals surface area contributed by atoms with Crippen LogP contribution in [-0.2, 0) is 19.7 Å². The molecule has 12 nitrogen and oxygen atoms in total. The number of aromatic amines is 1. The summed E-state index contributed by atoms with van der Waals surface area (Å²) in [4.78, 5) is 44.4. The second-order valence-electron chi connectivity index (χ2n) is 10.7. The molecule has 2 aliphatic heterocycles. The summed E-state index contributed by atoms with van der Waals surface area (Å²) in [5.74, 6) is -1.47. The minimum Gasteiger partial charge on any atom is -0.746 e. The number of aliphatic hydroxyl groups is 1. The van der Waals surface area contributed by atoms with Crippen molar-refractivity contribution >= 4 is 38.7 Å². The third kappa shape index (κ3) is 6.04. The molecule has 40 heavy (non-hydrogen) atoms. The maximum atomic E-state index is 13.7. The Morgan fingerprint density at radius 3 is 2.73 bits per heavy atom. The number of fused-ring (bicyclic) bond motifs is 2. The van der Waals surface area contributed by atoms with Crippen molar-refractivity contribution in [1.29, 1.82) is 0 Å². The molecule has 212 valence electrons. The van der Waals surface area contributed by atoms with Crippen LogP contribution in [0.4, 0.5) is 0 Å². The van der Waals surface area contributed by atoms with E-state index in [1.165, 1.54) is 12.0 Å². The van der Waals surface area contributed by atoms with Crippen LogP contribution in [0.1, 0.15) is 49.0 Å². The number of likely N-dealkylation sites (tertiary alicyclic amines) is 1. The molecule has 3 amide bonds. The molecule has 1 unspecified atom stereocenters. The number of benzene rings is 1. The number of amides is 3. The SMILES string of the molecule is COc1cccc2[nH]c(C(=O)N3C[C@@H]4CCC[C@@H]4[C@H]3C(=O)N[C@@H](C[C@@H]3CCCNC3=O)C(O)S(=O)(=O)[O-])cc12.[Na+]. The van der Waals surface area contributed by atoms with Crippen LogP contribution < -0.4 is 44.9 Å². The molecule has 3 heterocycles. The van der Waals surface area contributed by atoms with Gasteiger partial charge in [0.2, 0.25) is 11.8 Å². The Labute approximate surface area is 254 Å². The molecular formula is C26H33N4NaO8S. The number of hydrogen-bond acceptors (Lipinski definition) is 8. The Balaban J connectivity index is 0.00000370. The second kappa shape index (κ2) is 12.4. The topological polar surface area (TPSA) is 181 Å². The molecule has 3 aliphatic rings. The molecule has 1 aromatic heterocycles. The van der Waals surface area contributed by atoms with E-state index in [1.54, 1.807) is 18.2 Å². The van der Waals surface area contributed by atoms with Gasteiger partial charge in [-0.05, 0) is 62.1 Å². The normalized spacial score (nSPS) is 26.0. The number of rotatable bonds is 8. The second-order valence-corrected chi connectivity index (χ2v) is 12.2. The fraction of sp³-hybridized carbons (Fsp3) is 0.577. The number of hydrogen-bond donors (Lipinski definition) is 4. The first-order valence-electron chi connectivity index (χ1n) is 13.3. The van der Waals surface area contributed by atoms with Gasteiger partial charge in [0.05, 0.1) is 13.2 Å². The van der Waals surface area contributed by atoms with Crippen molar-refractivity contribution in [1.82, 2.24) is 20.5 Å². The predicted molar refractivity (Wildman–Crippen MR) is 138 cm³/mol. The Kier molecular flexibility index (Phi) is 9.53. The molecule has 6 atom stereocenters. The van der Waals surface area contributed by atoms with Gasteiger partial charge in [-0.2, -0.15) is 0 Å². The van der Waals surface area contributed by atoms with E-state index in [9.17, 15) is 32.5 Å². The van der Waals surface area contributed by atoms with E-state index < -0.39 is 39.5 Å². The van der Waals surface area contributed by atoms with Gasteiger partial charge in [-0.1, -0.05) is 12.5 Å². The zero-order valence-corrected chi connectivity index (χ0v) is 25.4. The van der Waals surface area contributed by atoms with Gasteiger partial charge >= 0.3 is 29.6 Å². The van der Waals surface area contributed by atoms with Crippen molar-refractivity contribution < 1.29 is 66.8 Å². The molecular weight excluding hydrogens is 551 g/mol. The Morgan fingerprint density at radius 2 is 2.02 bits per heavy atom. The Bertz CT molecular complexity index is 1380. The van der Waals surface area contributed by atoms with Crippen LogP contribution in [-0.4, -0.2) is 83.4 Å². The number of carbonyl (C=O) groups excluding carboxylic acids is 3. The third-order valence-electron chi connectivity index (χ3n) is 8.40. The average molecular weight is 585 g/mol. The minimum atomic E-state index is -5.19. The molecule has 0 bridgehead atoms. The molecule has 0 spiro atoms. The number of aromatic nitrogens is 1. The first-order valence-corrected chi connectivity index (χ1v) is 14.7. The molecule has 0 radical (unpaired) electrons. The maximum Gasteiger partial charge on any atom is 1.00 e. The van der Waals surface area contributed by atoms with Gasteiger partial charge in [0.15, 0.2) is 5.44 Å². The monoisotopic (exact) mass is 584 g/mol. The Hall–Kier alpha value is -2.16. The van der Waals surface area contributed by atoms with Gasteiger partial charge in [0.25, 0.3) is 5.91 Å². The summed E-state index contributed by atoms with van der Waals surface area (Å²) in [6.07, 6.45) is 3.34. The predicted octanol–water partition coefficient (Wildman–Crippen LogP) is -2.31. The van der Waals surface area contributed by atoms with Crippen LogP contribution in [0.25, 0.3) is 10.9 Å². The summed E-state index contributed by atoms with van der Waals surface area (Å²) < 4.78 is 40.6. The van der Waals surface area contributed by atoms with Crippen molar-refractivity contribution in [2.24, 2.45) is 17.8 Å². The molecule has 2 saturated heterocycles. The van der Waals surface area contributed by atoms with E-state index in [0.29, 0.717) is 43.6 Å². The van der Waals surface area contributed by atoms with E-state index in [4.69, 9.17) is 4.74 Å². The molecule has 3 fully saturated rings. The number of methoxy groups -OCH3 is 1. The van der Waals surface area contributed by atoms with E-state index in [1.807, 2.05) is 6.07 Å². The Morgan fingerprint density at radius 1 is 1.25 bits per heavy atom. The quantitative estimate of drug-likeness (QED) is 0.197. The van der Waals surface area contributed by atoms with Crippen molar-refractivity contribution in [3.05, 3.63) is 30.0 Å².